The number of hydrogen-bond donors (Lipinski definition) is 1. The maximum Gasteiger partial charge on any atom is 0.388 e. The molecule has 0 rings (SSSR count). The minimum Gasteiger partial charge on any atom is -0.455 e. The molecule has 0 amide bonds. The van der Waals surface area contributed by atoms with Crippen LogP contribution in [0.3, 0.4) is 0 Å². The molecule has 0 fully saturated rings. The van der Waals surface area contributed by atoms with E-state index in [1.54, 1.807) is 6.92 Å². The summed E-state index contributed by atoms with van der Waals surface area (Å²) >= 11 is 0. The smallest absolute Gasteiger partial charge is 0.388 e. The average Bonchev–Trinajstić information content (AvgIpc) is 2.86. The largest absolute Gasteiger partial charge is 0.455 e. The molecule has 0 aliphatic rings. The van der Waals surface area contributed by atoms with E-state index in [0.717, 1.165) is 38.8 Å². The van der Waals surface area contributed by atoms with Gasteiger partial charge < -0.3 is 18.4 Å². The van der Waals surface area contributed by atoms with Crippen LogP contribution in [0.25, 0.3) is 0 Å². The highest BCUT2D eigenvalue weighted by atomic mass is 28.4. The first kappa shape index (κ1) is 42.6. The third-order valence-corrected chi connectivity index (χ3v) is 18.0. The summed E-state index contributed by atoms with van der Waals surface area (Å²) in [5, 5.41) is 10.6. The van der Waals surface area contributed by atoms with Gasteiger partial charge in [0.2, 0.25) is 0 Å². The predicted octanol–water partition coefficient (Wildman–Crippen LogP) is 9.61. The number of nitrogens with zero attached hydrogens (tertiary/aromatic N) is 1. The lowest BCUT2D eigenvalue weighted by molar-refractivity contribution is -0.913. The highest BCUT2D eigenvalue weighted by Gasteiger charge is 2.47. The Balaban J connectivity index is 5.62. The van der Waals surface area contributed by atoms with Crippen LogP contribution in [0.4, 0.5) is 39.5 Å². The molecule has 2 unspecified atom stereocenters. The first-order valence-electron chi connectivity index (χ1n) is 15.6. The fraction of sp³-hybridized carbons (Fsp3) is 1.00. The molecule has 2 atom stereocenters. The highest BCUT2D eigenvalue weighted by Crippen LogP contribution is 2.40. The Kier molecular flexibility index (Phi) is 19.2. The van der Waals surface area contributed by atoms with Crippen LogP contribution in [0.15, 0.2) is 0 Å². The van der Waals surface area contributed by atoms with E-state index < -0.39 is 78.7 Å². The van der Waals surface area contributed by atoms with E-state index in [-0.39, 0.29) is 31.7 Å². The first-order valence-corrected chi connectivity index (χ1v) is 21.0. The van der Waals surface area contributed by atoms with E-state index in [1.807, 2.05) is 0 Å². The van der Waals surface area contributed by atoms with Crippen LogP contribution in [-0.2, 0) is 8.85 Å². The third kappa shape index (κ3) is 21.9. The maximum atomic E-state index is 13.3. The standard InChI is InChI=1S/C28H55F9NO3Si2/c1-6-9-15-38(4,16-10-7-2)23-25(39)24-40-17-11-19-43(18-8-3,22-14-28(35,36)37)41-42(5,20-12-26(29,30)31)21-13-27(32,33)34/h25,39H,6-24H2,1-5H3/q+1. The normalized spacial score (nSPS) is 16.0. The SMILES string of the molecule is CCCC[N+](C)(CCCC)CC(O)COCCC[Si](CCC)(CCC(F)(F)F)O[Si](C)(CCC(F)(F)F)CCC(F)(F)F. The monoisotopic (exact) mass is 680 g/mol. The Hall–Kier alpha value is -0.356. The molecule has 0 radical (unpaired) electrons. The van der Waals surface area contributed by atoms with Gasteiger partial charge in [0, 0.05) is 25.9 Å². The van der Waals surface area contributed by atoms with Gasteiger partial charge in [-0.05, 0) is 56.0 Å². The van der Waals surface area contributed by atoms with Crippen molar-refractivity contribution < 1.29 is 58.0 Å². The summed E-state index contributed by atoms with van der Waals surface area (Å²) in [4.78, 5) is 0. The van der Waals surface area contributed by atoms with Crippen LogP contribution >= 0.6 is 0 Å². The molecular formula is C28H55F9NO3Si2+. The number of hydrogen-bond acceptors (Lipinski definition) is 3. The van der Waals surface area contributed by atoms with Crippen LogP contribution in [0.1, 0.15) is 78.6 Å². The highest BCUT2D eigenvalue weighted by molar-refractivity contribution is 6.86. The number of aliphatic hydroxyl groups excluding tert-OH is 1. The van der Waals surface area contributed by atoms with Crippen molar-refractivity contribution in [3.63, 3.8) is 0 Å². The van der Waals surface area contributed by atoms with Crippen molar-refractivity contribution in [1.29, 1.82) is 0 Å². The maximum absolute atomic E-state index is 13.3. The van der Waals surface area contributed by atoms with Crippen molar-refractivity contribution >= 4 is 16.6 Å². The lowest BCUT2D eigenvalue weighted by atomic mass is 10.2. The van der Waals surface area contributed by atoms with Crippen molar-refractivity contribution in [3.8, 4) is 0 Å². The van der Waals surface area contributed by atoms with Crippen LogP contribution in [0, 0.1) is 0 Å². The average molecular weight is 681 g/mol. The van der Waals surface area contributed by atoms with Gasteiger partial charge >= 0.3 is 18.5 Å². The Morgan fingerprint density at radius 3 is 1.56 bits per heavy atom. The molecule has 260 valence electrons. The predicted molar refractivity (Wildman–Crippen MR) is 157 cm³/mol. The van der Waals surface area contributed by atoms with Gasteiger partial charge in [-0.25, -0.2) is 0 Å². The van der Waals surface area contributed by atoms with Crippen molar-refractivity contribution in [2.24, 2.45) is 0 Å². The van der Waals surface area contributed by atoms with Gasteiger partial charge in [0.1, 0.15) is 12.6 Å². The van der Waals surface area contributed by atoms with E-state index in [2.05, 4.69) is 20.9 Å². The molecule has 43 heavy (non-hydrogen) atoms. The summed E-state index contributed by atoms with van der Waals surface area (Å²) in [5.41, 5.74) is 0. The molecule has 0 spiro atoms. The molecule has 0 aliphatic carbocycles. The summed E-state index contributed by atoms with van der Waals surface area (Å²) in [6.07, 6.45) is -13.7. The minimum absolute atomic E-state index is 0.0292. The van der Waals surface area contributed by atoms with E-state index in [9.17, 15) is 44.6 Å². The summed E-state index contributed by atoms with van der Waals surface area (Å²) in [6.45, 7) is 9.68. The molecule has 0 saturated heterocycles. The van der Waals surface area contributed by atoms with Gasteiger partial charge in [0.15, 0.2) is 16.6 Å². The lowest BCUT2D eigenvalue weighted by Gasteiger charge is -2.42. The summed E-state index contributed by atoms with van der Waals surface area (Å²) in [6, 6.07) is -1.34. The molecule has 0 aromatic heterocycles. The zero-order valence-electron chi connectivity index (χ0n) is 26.6. The van der Waals surface area contributed by atoms with Crippen molar-refractivity contribution in [2.75, 3.05) is 39.9 Å². The van der Waals surface area contributed by atoms with Gasteiger partial charge in [0.05, 0.1) is 26.7 Å². The van der Waals surface area contributed by atoms with Crippen molar-refractivity contribution in [2.45, 2.75) is 140 Å². The Labute approximate surface area is 254 Å². The fourth-order valence-corrected chi connectivity index (χ4v) is 16.9. The van der Waals surface area contributed by atoms with Gasteiger partial charge in [-0.3, -0.25) is 0 Å². The minimum atomic E-state index is -4.62. The van der Waals surface area contributed by atoms with Gasteiger partial charge in [-0.15, -0.1) is 0 Å². The van der Waals surface area contributed by atoms with Crippen LogP contribution < -0.4 is 0 Å². The summed E-state index contributed by atoms with van der Waals surface area (Å²) in [5.74, 6) is 0. The Morgan fingerprint density at radius 1 is 0.674 bits per heavy atom. The molecule has 0 heterocycles. The zero-order chi connectivity index (χ0) is 33.4. The first-order chi connectivity index (χ1) is 19.6. The van der Waals surface area contributed by atoms with E-state index in [0.29, 0.717) is 17.4 Å². The van der Waals surface area contributed by atoms with Gasteiger partial charge in [-0.2, -0.15) is 39.5 Å². The number of aliphatic hydroxyl groups is 1. The molecule has 4 nitrogen and oxygen atoms in total. The van der Waals surface area contributed by atoms with Crippen LogP contribution in [0.2, 0.25) is 36.8 Å². The van der Waals surface area contributed by atoms with Crippen LogP contribution in [-0.4, -0.2) is 90.8 Å². The number of alkyl halides is 9. The molecule has 0 aliphatic heterocycles. The number of unbranched alkanes of at least 4 members (excludes halogenated alkanes) is 2. The fourth-order valence-electron chi connectivity index (χ4n) is 5.57. The molecule has 0 bridgehead atoms. The molecule has 15 heteroatoms. The quantitative estimate of drug-likeness (QED) is 0.0478. The number of likely N-dealkylation sites (N-methyl/N-ethyl adjacent to an activating group) is 1. The van der Waals surface area contributed by atoms with Crippen molar-refractivity contribution in [1.82, 2.24) is 0 Å². The second kappa shape index (κ2) is 19.3. The van der Waals surface area contributed by atoms with E-state index in [1.165, 1.54) is 6.55 Å². The van der Waals surface area contributed by atoms with Gasteiger partial charge in [-0.1, -0.05) is 40.0 Å². The topological polar surface area (TPSA) is 38.7 Å². The molecule has 0 aromatic rings. The lowest BCUT2D eigenvalue weighted by Crippen LogP contribution is -2.51. The molecule has 1 N–H and O–H groups in total. The molecular weight excluding hydrogens is 625 g/mol. The Morgan fingerprint density at radius 2 is 1.14 bits per heavy atom. The number of ether oxygens (including phenoxy) is 1. The second-order valence-electron chi connectivity index (χ2n) is 12.6. The van der Waals surface area contributed by atoms with E-state index in [4.69, 9.17) is 8.85 Å². The second-order valence-corrected chi connectivity index (χ2v) is 21.2. The summed E-state index contributed by atoms with van der Waals surface area (Å²) in [7, 11) is -5.03. The number of rotatable bonds is 24. The van der Waals surface area contributed by atoms with Gasteiger partial charge in [0.25, 0.3) is 0 Å². The number of quaternary nitrogens is 1. The summed E-state index contributed by atoms with van der Waals surface area (Å²) < 4.78 is 131. The van der Waals surface area contributed by atoms with Crippen molar-refractivity contribution in [3.05, 3.63) is 0 Å². The zero-order valence-corrected chi connectivity index (χ0v) is 28.6. The molecule has 0 aromatic carbocycles. The van der Waals surface area contributed by atoms with Crippen LogP contribution in [0.5, 0.6) is 0 Å². The van der Waals surface area contributed by atoms with E-state index >= 15 is 0 Å². The third-order valence-electron chi connectivity index (χ3n) is 7.89. The Bertz CT molecular complexity index is 714. The molecule has 0 saturated carbocycles. The number of halogens is 9.